The highest BCUT2D eigenvalue weighted by molar-refractivity contribution is 6.03. The summed E-state index contributed by atoms with van der Waals surface area (Å²) in [4.78, 5) is 15.9. The van der Waals surface area contributed by atoms with Crippen LogP contribution in [0.25, 0.3) is 22.2 Å². The highest BCUT2D eigenvalue weighted by atomic mass is 16.4. The molecule has 0 radical (unpaired) electrons. The highest BCUT2D eigenvalue weighted by Gasteiger charge is 2.08. The number of hydrogen-bond donors (Lipinski definition) is 0. The number of carboxylic acid groups (broad SMARTS) is 1. The minimum Gasteiger partial charge on any atom is -0.545 e. The zero-order valence-corrected chi connectivity index (χ0v) is 11.0. The number of carbonyl (C=O) groups excluding carboxylic acids is 1. The molecule has 0 fully saturated rings. The van der Waals surface area contributed by atoms with Gasteiger partial charge in [0, 0.05) is 16.5 Å². The first-order chi connectivity index (χ1) is 9.65. The van der Waals surface area contributed by atoms with Gasteiger partial charge in [-0.1, -0.05) is 42.0 Å². The number of hydrogen-bond acceptors (Lipinski definition) is 3. The molecule has 0 aliphatic rings. The number of carbonyl (C=O) groups is 1. The largest absolute Gasteiger partial charge is 0.545 e. The second kappa shape index (κ2) is 4.78. The molecule has 0 atom stereocenters. The maximum atomic E-state index is 11.4. The van der Waals surface area contributed by atoms with Crippen LogP contribution in [0.1, 0.15) is 15.9 Å². The maximum absolute atomic E-state index is 11.4. The van der Waals surface area contributed by atoms with E-state index in [1.54, 1.807) is 6.07 Å². The van der Waals surface area contributed by atoms with E-state index in [2.05, 4.69) is 4.98 Å². The second-order valence-electron chi connectivity index (χ2n) is 4.73. The number of fused-ring (bicyclic) bond motifs is 1. The lowest BCUT2D eigenvalue weighted by Crippen LogP contribution is -2.22. The standard InChI is InChI=1S/C17H13NO2/c1-11-7-8-15-13(9-11)14(17(19)20)10-16(18-15)12-5-3-2-4-6-12/h2-10H,1H3,(H,19,20)/p-1. The van der Waals surface area contributed by atoms with Crippen LogP contribution in [0.15, 0.2) is 54.6 Å². The molecule has 1 heterocycles. The summed E-state index contributed by atoms with van der Waals surface area (Å²) in [5, 5.41) is 12.0. The Morgan fingerprint density at radius 3 is 2.50 bits per heavy atom. The molecule has 3 rings (SSSR count). The first-order valence-corrected chi connectivity index (χ1v) is 6.33. The van der Waals surface area contributed by atoms with Crippen LogP contribution in [0.4, 0.5) is 0 Å². The third-order valence-corrected chi connectivity index (χ3v) is 3.25. The number of rotatable bonds is 2. The van der Waals surface area contributed by atoms with Gasteiger partial charge in [0.15, 0.2) is 0 Å². The van der Waals surface area contributed by atoms with Crippen LogP contribution in [-0.2, 0) is 0 Å². The lowest BCUT2D eigenvalue weighted by molar-refractivity contribution is -0.254. The van der Waals surface area contributed by atoms with Gasteiger partial charge in [-0.3, -0.25) is 0 Å². The van der Waals surface area contributed by atoms with Crippen molar-refractivity contribution in [3.05, 3.63) is 65.7 Å². The molecule has 0 spiro atoms. The Hall–Kier alpha value is -2.68. The smallest absolute Gasteiger partial charge is 0.0722 e. The summed E-state index contributed by atoms with van der Waals surface area (Å²) < 4.78 is 0. The molecule has 0 unspecified atom stereocenters. The minimum atomic E-state index is -1.18. The molecule has 0 aliphatic heterocycles. The molecule has 2 aromatic carbocycles. The van der Waals surface area contributed by atoms with E-state index in [4.69, 9.17) is 0 Å². The third kappa shape index (κ3) is 2.14. The van der Waals surface area contributed by atoms with Crippen LogP contribution in [0.5, 0.6) is 0 Å². The van der Waals surface area contributed by atoms with E-state index in [0.29, 0.717) is 16.6 Å². The molecule has 0 N–H and O–H groups in total. The van der Waals surface area contributed by atoms with Gasteiger partial charge < -0.3 is 9.90 Å². The van der Waals surface area contributed by atoms with E-state index in [1.807, 2.05) is 55.5 Å². The predicted molar refractivity (Wildman–Crippen MR) is 76.2 cm³/mol. The zero-order chi connectivity index (χ0) is 14.1. The molecular formula is C17H12NO2-. The van der Waals surface area contributed by atoms with Crippen molar-refractivity contribution in [2.24, 2.45) is 0 Å². The molecular weight excluding hydrogens is 250 g/mol. The quantitative estimate of drug-likeness (QED) is 0.713. The molecule has 0 bridgehead atoms. The van der Waals surface area contributed by atoms with Crippen molar-refractivity contribution in [2.45, 2.75) is 6.92 Å². The Morgan fingerprint density at radius 1 is 1.05 bits per heavy atom. The maximum Gasteiger partial charge on any atom is 0.0722 e. The lowest BCUT2D eigenvalue weighted by atomic mass is 10.0. The fourth-order valence-corrected chi connectivity index (χ4v) is 2.27. The van der Waals surface area contributed by atoms with Gasteiger partial charge in [-0.2, -0.15) is 0 Å². The van der Waals surface area contributed by atoms with Crippen molar-refractivity contribution >= 4 is 16.9 Å². The van der Waals surface area contributed by atoms with Gasteiger partial charge in [0.2, 0.25) is 0 Å². The van der Waals surface area contributed by atoms with E-state index < -0.39 is 5.97 Å². The van der Waals surface area contributed by atoms with Crippen LogP contribution in [0, 0.1) is 6.92 Å². The monoisotopic (exact) mass is 262 g/mol. The van der Waals surface area contributed by atoms with Crippen molar-refractivity contribution < 1.29 is 9.90 Å². The molecule has 3 aromatic rings. The molecule has 1 aromatic heterocycles. The van der Waals surface area contributed by atoms with Crippen molar-refractivity contribution in [3.8, 4) is 11.3 Å². The summed E-state index contributed by atoms with van der Waals surface area (Å²) in [5.74, 6) is -1.18. The average molecular weight is 262 g/mol. The number of pyridine rings is 1. The Bertz CT molecular complexity index is 795. The number of aromatic nitrogens is 1. The zero-order valence-electron chi connectivity index (χ0n) is 11.0. The molecule has 20 heavy (non-hydrogen) atoms. The third-order valence-electron chi connectivity index (χ3n) is 3.25. The first-order valence-electron chi connectivity index (χ1n) is 6.33. The van der Waals surface area contributed by atoms with Crippen molar-refractivity contribution in [1.29, 1.82) is 0 Å². The Kier molecular flexibility index (Phi) is 2.95. The molecule has 0 saturated heterocycles. The van der Waals surface area contributed by atoms with E-state index >= 15 is 0 Å². The average Bonchev–Trinajstić information content (AvgIpc) is 2.47. The van der Waals surface area contributed by atoms with Crippen molar-refractivity contribution in [1.82, 2.24) is 4.98 Å². The summed E-state index contributed by atoms with van der Waals surface area (Å²) in [7, 11) is 0. The van der Waals surface area contributed by atoms with Gasteiger partial charge in [0.1, 0.15) is 0 Å². The Labute approximate surface area is 116 Å². The topological polar surface area (TPSA) is 53.0 Å². The fraction of sp³-hybridized carbons (Fsp3) is 0.0588. The number of aromatic carboxylic acids is 1. The highest BCUT2D eigenvalue weighted by Crippen LogP contribution is 2.25. The fourth-order valence-electron chi connectivity index (χ4n) is 2.27. The van der Waals surface area contributed by atoms with E-state index in [-0.39, 0.29) is 5.56 Å². The summed E-state index contributed by atoms with van der Waals surface area (Å²) >= 11 is 0. The minimum absolute atomic E-state index is 0.178. The predicted octanol–water partition coefficient (Wildman–Crippen LogP) is 2.57. The summed E-state index contributed by atoms with van der Waals surface area (Å²) in [6.07, 6.45) is 0. The lowest BCUT2D eigenvalue weighted by Gasteiger charge is -2.11. The number of aryl methyl sites for hydroxylation is 1. The summed E-state index contributed by atoms with van der Waals surface area (Å²) in [5.41, 5.74) is 3.36. The van der Waals surface area contributed by atoms with E-state index in [1.165, 1.54) is 0 Å². The van der Waals surface area contributed by atoms with Gasteiger partial charge in [-0.15, -0.1) is 0 Å². The summed E-state index contributed by atoms with van der Waals surface area (Å²) in [6.45, 7) is 1.92. The normalized spacial score (nSPS) is 10.7. The summed E-state index contributed by atoms with van der Waals surface area (Å²) in [6, 6.07) is 16.7. The molecule has 0 aliphatic carbocycles. The van der Waals surface area contributed by atoms with E-state index in [0.717, 1.165) is 11.1 Å². The van der Waals surface area contributed by atoms with Crippen LogP contribution in [0.3, 0.4) is 0 Å². The second-order valence-corrected chi connectivity index (χ2v) is 4.73. The Morgan fingerprint density at radius 2 is 1.80 bits per heavy atom. The Balaban J connectivity index is 2.32. The SMILES string of the molecule is Cc1ccc2nc(-c3ccccc3)cc(C(=O)[O-])c2c1. The van der Waals surface area contributed by atoms with Crippen molar-refractivity contribution in [3.63, 3.8) is 0 Å². The van der Waals surface area contributed by atoms with Gasteiger partial charge >= 0.3 is 0 Å². The van der Waals surface area contributed by atoms with Gasteiger partial charge in [0.05, 0.1) is 17.2 Å². The first kappa shape index (κ1) is 12.4. The molecule has 0 amide bonds. The van der Waals surface area contributed by atoms with Gasteiger partial charge in [-0.05, 0) is 25.1 Å². The van der Waals surface area contributed by atoms with Crippen LogP contribution < -0.4 is 5.11 Å². The molecule has 0 saturated carbocycles. The van der Waals surface area contributed by atoms with E-state index in [9.17, 15) is 9.90 Å². The number of benzene rings is 2. The molecule has 3 heteroatoms. The van der Waals surface area contributed by atoms with Gasteiger partial charge in [-0.25, -0.2) is 4.98 Å². The molecule has 98 valence electrons. The molecule has 3 nitrogen and oxygen atoms in total. The number of nitrogens with zero attached hydrogens (tertiary/aromatic N) is 1. The van der Waals surface area contributed by atoms with Crippen molar-refractivity contribution in [2.75, 3.05) is 0 Å². The van der Waals surface area contributed by atoms with Crippen LogP contribution >= 0.6 is 0 Å². The number of carboxylic acids is 1. The van der Waals surface area contributed by atoms with Gasteiger partial charge in [0.25, 0.3) is 0 Å². The van der Waals surface area contributed by atoms with Crippen LogP contribution in [-0.4, -0.2) is 11.0 Å². The van der Waals surface area contributed by atoms with Crippen LogP contribution in [0.2, 0.25) is 0 Å².